The Morgan fingerprint density at radius 2 is 1.65 bits per heavy atom. The second-order valence-corrected chi connectivity index (χ2v) is 10.3. The molecule has 40 heavy (non-hydrogen) atoms. The number of nitrogens with zero attached hydrogens (tertiary/aromatic N) is 3. The smallest absolute Gasteiger partial charge is 0.272 e. The molecule has 1 N–H and O–H groups in total. The van der Waals surface area contributed by atoms with Gasteiger partial charge in [-0.15, -0.1) is 0 Å². The Bertz CT molecular complexity index is 1890. The van der Waals surface area contributed by atoms with Gasteiger partial charge in [0, 0.05) is 44.7 Å². The molecular weight excluding hydrogens is 516 g/mol. The maximum Gasteiger partial charge on any atom is 0.272 e. The predicted molar refractivity (Wildman–Crippen MR) is 164 cm³/mol. The Kier molecular flexibility index (Phi) is 6.89. The van der Waals surface area contributed by atoms with Crippen LogP contribution in [-0.4, -0.2) is 21.7 Å². The number of hydrazone groups is 1. The molecule has 6 rings (SSSR count). The summed E-state index contributed by atoms with van der Waals surface area (Å²) in [5.74, 6) is -0.286. The van der Waals surface area contributed by atoms with Crippen molar-refractivity contribution < 1.29 is 4.79 Å². The highest BCUT2D eigenvalue weighted by Crippen LogP contribution is 2.28. The fourth-order valence-corrected chi connectivity index (χ4v) is 5.22. The number of hydrogen-bond donors (Lipinski definition) is 1. The van der Waals surface area contributed by atoms with E-state index in [1.54, 1.807) is 6.21 Å². The van der Waals surface area contributed by atoms with Crippen LogP contribution in [0.1, 0.15) is 32.7 Å². The predicted octanol–water partition coefficient (Wildman–Crippen LogP) is 7.94. The normalized spacial score (nSPS) is 11.5. The zero-order valence-corrected chi connectivity index (χ0v) is 23.0. The summed E-state index contributed by atoms with van der Waals surface area (Å²) in [4.78, 5) is 18.2. The lowest BCUT2D eigenvalue weighted by molar-refractivity contribution is 0.0956. The number of carbonyl (C=O) groups is 1. The molecular formula is C34H27ClN4O. The van der Waals surface area contributed by atoms with Crippen LogP contribution in [0.25, 0.3) is 33.1 Å². The molecule has 2 aromatic heterocycles. The molecule has 4 aromatic carbocycles. The lowest BCUT2D eigenvalue weighted by atomic mass is 10.0. The van der Waals surface area contributed by atoms with E-state index in [9.17, 15) is 4.79 Å². The molecule has 0 aliphatic carbocycles. The third-order valence-corrected chi connectivity index (χ3v) is 7.42. The highest BCUT2D eigenvalue weighted by Gasteiger charge is 2.16. The van der Waals surface area contributed by atoms with Gasteiger partial charge in [0.1, 0.15) is 0 Å². The maximum absolute atomic E-state index is 13.4. The number of para-hydroxylation sites is 1. The van der Waals surface area contributed by atoms with Crippen LogP contribution in [0.5, 0.6) is 0 Å². The second kappa shape index (κ2) is 10.8. The van der Waals surface area contributed by atoms with Crippen LogP contribution < -0.4 is 5.43 Å². The lowest BCUT2D eigenvalue weighted by Crippen LogP contribution is -2.18. The minimum absolute atomic E-state index is 0.286. The van der Waals surface area contributed by atoms with Gasteiger partial charge in [0.15, 0.2) is 0 Å². The first-order valence-electron chi connectivity index (χ1n) is 13.1. The van der Waals surface area contributed by atoms with E-state index in [-0.39, 0.29) is 5.91 Å². The van der Waals surface area contributed by atoms with E-state index in [4.69, 9.17) is 16.6 Å². The van der Waals surface area contributed by atoms with Crippen molar-refractivity contribution >= 4 is 45.5 Å². The van der Waals surface area contributed by atoms with Crippen LogP contribution in [0, 0.1) is 13.8 Å². The molecule has 0 atom stereocenters. The molecule has 0 saturated heterocycles. The van der Waals surface area contributed by atoms with Crippen molar-refractivity contribution in [1.29, 1.82) is 0 Å². The number of pyridine rings is 1. The third kappa shape index (κ3) is 4.99. The average Bonchev–Trinajstić information content (AvgIpc) is 3.23. The molecule has 1 amide bonds. The maximum atomic E-state index is 13.4. The average molecular weight is 543 g/mol. The largest absolute Gasteiger partial charge is 0.340 e. The van der Waals surface area contributed by atoms with Crippen LogP contribution in [0.4, 0.5) is 0 Å². The van der Waals surface area contributed by atoms with Gasteiger partial charge in [-0.2, -0.15) is 5.10 Å². The monoisotopic (exact) mass is 542 g/mol. The van der Waals surface area contributed by atoms with Gasteiger partial charge >= 0.3 is 0 Å². The number of hydrogen-bond acceptors (Lipinski definition) is 3. The molecule has 6 heteroatoms. The molecule has 0 spiro atoms. The number of halogens is 1. The van der Waals surface area contributed by atoms with Crippen molar-refractivity contribution in [2.24, 2.45) is 5.10 Å². The Labute approximate surface area is 237 Å². The van der Waals surface area contributed by atoms with Crippen molar-refractivity contribution in [2.75, 3.05) is 0 Å². The summed E-state index contributed by atoms with van der Waals surface area (Å²) in [6.07, 6.45) is 1.74. The Balaban J connectivity index is 1.34. The first-order valence-corrected chi connectivity index (χ1v) is 13.5. The molecule has 5 nitrogen and oxygen atoms in total. The molecule has 6 aromatic rings. The van der Waals surface area contributed by atoms with E-state index >= 15 is 0 Å². The van der Waals surface area contributed by atoms with Crippen LogP contribution >= 0.6 is 11.6 Å². The van der Waals surface area contributed by atoms with Crippen molar-refractivity contribution in [3.63, 3.8) is 0 Å². The Morgan fingerprint density at radius 3 is 2.45 bits per heavy atom. The highest BCUT2D eigenvalue weighted by molar-refractivity contribution is 6.30. The molecule has 0 aliphatic rings. The summed E-state index contributed by atoms with van der Waals surface area (Å²) < 4.78 is 2.27. The standard InChI is InChI=1S/C34H27ClN4O/c1-22-12-17-33-28(18-22)30(23(2)39(33)21-24-13-15-26(35)16-14-24)20-36-38-34(40)29-19-32(25-8-4-3-5-9-25)37-31-11-7-6-10-27(29)31/h3-20H,21H2,1-2H3,(H,38,40)/b36-20+. The van der Waals surface area contributed by atoms with E-state index in [0.717, 1.165) is 60.5 Å². The number of rotatable bonds is 6. The summed E-state index contributed by atoms with van der Waals surface area (Å²) in [5.41, 5.74) is 11.2. The summed E-state index contributed by atoms with van der Waals surface area (Å²) in [6, 6.07) is 33.7. The van der Waals surface area contributed by atoms with Crippen LogP contribution in [0.15, 0.2) is 108 Å². The third-order valence-electron chi connectivity index (χ3n) is 7.17. The molecule has 0 fully saturated rings. The summed E-state index contributed by atoms with van der Waals surface area (Å²) in [5, 5.41) is 7.01. The summed E-state index contributed by atoms with van der Waals surface area (Å²) in [6.45, 7) is 4.86. The van der Waals surface area contributed by atoms with Gasteiger partial charge in [-0.1, -0.05) is 83.9 Å². The van der Waals surface area contributed by atoms with Gasteiger partial charge in [0.25, 0.3) is 5.91 Å². The van der Waals surface area contributed by atoms with E-state index in [1.807, 2.05) is 84.9 Å². The van der Waals surface area contributed by atoms with E-state index in [1.165, 1.54) is 0 Å². The molecule has 0 saturated carbocycles. The summed E-state index contributed by atoms with van der Waals surface area (Å²) in [7, 11) is 0. The van der Waals surface area contributed by atoms with Gasteiger partial charge in [-0.05, 0) is 55.8 Å². The minimum atomic E-state index is -0.286. The number of carbonyl (C=O) groups excluding carboxylic acids is 1. The molecule has 2 heterocycles. The molecule has 0 unspecified atom stereocenters. The van der Waals surface area contributed by atoms with Crippen molar-refractivity contribution in [3.8, 4) is 11.3 Å². The highest BCUT2D eigenvalue weighted by atomic mass is 35.5. The fourth-order valence-electron chi connectivity index (χ4n) is 5.10. The zero-order valence-electron chi connectivity index (χ0n) is 22.2. The van der Waals surface area contributed by atoms with Gasteiger partial charge in [-0.25, -0.2) is 10.4 Å². The van der Waals surface area contributed by atoms with Crippen molar-refractivity contribution in [1.82, 2.24) is 15.0 Å². The number of aromatic nitrogens is 2. The number of amides is 1. The number of benzene rings is 4. The van der Waals surface area contributed by atoms with Crippen LogP contribution in [-0.2, 0) is 6.54 Å². The van der Waals surface area contributed by atoms with Crippen LogP contribution in [0.3, 0.4) is 0 Å². The first kappa shape index (κ1) is 25.5. The Morgan fingerprint density at radius 1 is 0.900 bits per heavy atom. The number of aryl methyl sites for hydroxylation is 1. The first-order chi connectivity index (χ1) is 19.5. The zero-order chi connectivity index (χ0) is 27.6. The Hall–Kier alpha value is -4.74. The summed E-state index contributed by atoms with van der Waals surface area (Å²) >= 11 is 6.10. The fraction of sp³-hybridized carbons (Fsp3) is 0.0882. The SMILES string of the molecule is Cc1ccc2c(c1)c(/C=N/NC(=O)c1cc(-c3ccccc3)nc3ccccc13)c(C)n2Cc1ccc(Cl)cc1. The van der Waals surface area contributed by atoms with E-state index in [0.29, 0.717) is 12.1 Å². The molecule has 0 bridgehead atoms. The topological polar surface area (TPSA) is 59.3 Å². The van der Waals surface area contributed by atoms with Crippen molar-refractivity contribution in [2.45, 2.75) is 20.4 Å². The van der Waals surface area contributed by atoms with Crippen molar-refractivity contribution in [3.05, 3.63) is 136 Å². The van der Waals surface area contributed by atoms with Gasteiger partial charge in [0.2, 0.25) is 0 Å². The molecule has 0 aliphatic heterocycles. The number of fused-ring (bicyclic) bond motifs is 2. The minimum Gasteiger partial charge on any atom is -0.340 e. The molecule has 196 valence electrons. The number of nitrogens with one attached hydrogen (secondary N) is 1. The van der Waals surface area contributed by atoms with Gasteiger partial charge in [0.05, 0.1) is 23.0 Å². The molecule has 0 radical (unpaired) electrons. The van der Waals surface area contributed by atoms with Crippen LogP contribution in [0.2, 0.25) is 5.02 Å². The lowest BCUT2D eigenvalue weighted by Gasteiger charge is -2.09. The second-order valence-electron chi connectivity index (χ2n) is 9.87. The van der Waals surface area contributed by atoms with Gasteiger partial charge in [-0.3, -0.25) is 4.79 Å². The van der Waals surface area contributed by atoms with Gasteiger partial charge < -0.3 is 4.57 Å². The van der Waals surface area contributed by atoms with E-state index in [2.05, 4.69) is 47.1 Å². The quantitative estimate of drug-likeness (QED) is 0.171. The van der Waals surface area contributed by atoms with E-state index < -0.39 is 0 Å².